The van der Waals surface area contributed by atoms with Crippen molar-refractivity contribution in [1.29, 1.82) is 0 Å². The SMILES string of the molecule is CO[C@H]1C[C@H](N2CC[C@H](I)[C@H](F)C2)C1. The first-order valence-electron chi connectivity index (χ1n) is 5.25. The van der Waals surface area contributed by atoms with Gasteiger partial charge in [-0.25, -0.2) is 4.39 Å². The number of alkyl halides is 2. The quantitative estimate of drug-likeness (QED) is 0.571. The molecule has 1 heterocycles. The van der Waals surface area contributed by atoms with Gasteiger partial charge in [0.2, 0.25) is 0 Å². The monoisotopic (exact) mass is 313 g/mol. The highest BCUT2D eigenvalue weighted by atomic mass is 127. The fourth-order valence-electron chi connectivity index (χ4n) is 2.26. The molecule has 2 aliphatic rings. The Morgan fingerprint density at radius 1 is 1.43 bits per heavy atom. The van der Waals surface area contributed by atoms with Crippen LogP contribution < -0.4 is 0 Å². The highest BCUT2D eigenvalue weighted by Gasteiger charge is 2.37. The predicted molar refractivity (Wildman–Crippen MR) is 62.7 cm³/mol. The van der Waals surface area contributed by atoms with Crippen LogP contribution in [0.15, 0.2) is 0 Å². The summed E-state index contributed by atoms with van der Waals surface area (Å²) >= 11 is 2.23. The van der Waals surface area contributed by atoms with Crippen molar-refractivity contribution in [2.75, 3.05) is 20.2 Å². The molecule has 1 aliphatic carbocycles. The molecule has 0 N–H and O–H groups in total. The summed E-state index contributed by atoms with van der Waals surface area (Å²) in [4.78, 5) is 2.30. The second-order valence-electron chi connectivity index (χ2n) is 4.30. The predicted octanol–water partition coefficient (Wildman–Crippen LogP) is 2.01. The van der Waals surface area contributed by atoms with Crippen LogP contribution in [0.1, 0.15) is 19.3 Å². The van der Waals surface area contributed by atoms with Gasteiger partial charge in [-0.2, -0.15) is 0 Å². The lowest BCUT2D eigenvalue weighted by atomic mass is 9.86. The molecule has 0 aromatic heterocycles. The summed E-state index contributed by atoms with van der Waals surface area (Å²) in [6.07, 6.45) is 2.97. The molecule has 2 fully saturated rings. The van der Waals surface area contributed by atoms with E-state index >= 15 is 0 Å². The smallest absolute Gasteiger partial charge is 0.124 e. The molecule has 2 rings (SSSR count). The standard InChI is InChI=1S/C10H17FINO/c1-14-8-4-7(5-8)13-3-2-10(12)9(11)6-13/h7-10H,2-6H2,1H3/t7-,8-,9-,10+/m1/s1. The lowest BCUT2D eigenvalue weighted by Gasteiger charge is -2.45. The Balaban J connectivity index is 1.78. The summed E-state index contributed by atoms with van der Waals surface area (Å²) in [6.45, 7) is 1.70. The Morgan fingerprint density at radius 2 is 2.14 bits per heavy atom. The van der Waals surface area contributed by atoms with E-state index in [-0.39, 0.29) is 3.92 Å². The number of ether oxygens (including phenoxy) is 1. The minimum atomic E-state index is -0.633. The molecule has 82 valence electrons. The largest absolute Gasteiger partial charge is 0.381 e. The average molecular weight is 313 g/mol. The van der Waals surface area contributed by atoms with Crippen molar-refractivity contribution < 1.29 is 9.13 Å². The van der Waals surface area contributed by atoms with Crippen LogP contribution in [0.4, 0.5) is 4.39 Å². The van der Waals surface area contributed by atoms with E-state index in [1.54, 1.807) is 7.11 Å². The maximum absolute atomic E-state index is 13.4. The number of rotatable bonds is 2. The van der Waals surface area contributed by atoms with Crippen molar-refractivity contribution in [3.05, 3.63) is 0 Å². The minimum Gasteiger partial charge on any atom is -0.381 e. The van der Waals surface area contributed by atoms with E-state index in [1.165, 1.54) is 0 Å². The minimum absolute atomic E-state index is 0.224. The summed E-state index contributed by atoms with van der Waals surface area (Å²) in [5.74, 6) is 0. The molecule has 0 unspecified atom stereocenters. The Morgan fingerprint density at radius 3 is 2.71 bits per heavy atom. The molecule has 4 heteroatoms. The Hall–Kier alpha value is 0.580. The molecule has 0 aromatic carbocycles. The van der Waals surface area contributed by atoms with Crippen LogP contribution in [0.5, 0.6) is 0 Å². The molecule has 2 nitrogen and oxygen atoms in total. The Kier molecular flexibility index (Phi) is 3.65. The summed E-state index contributed by atoms with van der Waals surface area (Å²) in [5.41, 5.74) is 0. The van der Waals surface area contributed by atoms with E-state index in [9.17, 15) is 4.39 Å². The van der Waals surface area contributed by atoms with Gasteiger partial charge in [0.15, 0.2) is 0 Å². The zero-order valence-corrected chi connectivity index (χ0v) is 10.6. The van der Waals surface area contributed by atoms with Gasteiger partial charge < -0.3 is 4.74 Å². The summed E-state index contributed by atoms with van der Waals surface area (Å²) in [5, 5.41) is 0. The molecule has 2 atom stereocenters. The van der Waals surface area contributed by atoms with Crippen LogP contribution in [0, 0.1) is 0 Å². The highest BCUT2D eigenvalue weighted by molar-refractivity contribution is 14.1. The molecule has 1 saturated heterocycles. The third-order valence-electron chi connectivity index (χ3n) is 3.41. The van der Waals surface area contributed by atoms with Crippen molar-refractivity contribution in [3.63, 3.8) is 0 Å². The van der Waals surface area contributed by atoms with Gasteiger partial charge in [0.1, 0.15) is 6.17 Å². The third kappa shape index (κ3) is 2.22. The van der Waals surface area contributed by atoms with Gasteiger partial charge >= 0.3 is 0 Å². The van der Waals surface area contributed by atoms with Crippen LogP contribution in [0.2, 0.25) is 0 Å². The number of likely N-dealkylation sites (tertiary alicyclic amines) is 1. The van der Waals surface area contributed by atoms with E-state index < -0.39 is 6.17 Å². The van der Waals surface area contributed by atoms with Gasteiger partial charge in [0.05, 0.1) is 6.10 Å². The summed E-state index contributed by atoms with van der Waals surface area (Å²) in [7, 11) is 1.76. The number of hydrogen-bond donors (Lipinski definition) is 0. The molecule has 1 aliphatic heterocycles. The first-order valence-corrected chi connectivity index (χ1v) is 6.50. The zero-order valence-electron chi connectivity index (χ0n) is 8.46. The molecule has 0 bridgehead atoms. The number of nitrogens with zero attached hydrogens (tertiary/aromatic N) is 1. The molecular formula is C10H17FINO. The van der Waals surface area contributed by atoms with Gasteiger partial charge in [-0.3, -0.25) is 4.90 Å². The first kappa shape index (κ1) is 11.1. The van der Waals surface area contributed by atoms with Gasteiger partial charge in [-0.1, -0.05) is 22.6 Å². The van der Waals surface area contributed by atoms with Crippen molar-refractivity contribution in [2.24, 2.45) is 0 Å². The maximum atomic E-state index is 13.4. The third-order valence-corrected chi connectivity index (χ3v) is 4.82. The lowest BCUT2D eigenvalue weighted by Crippen LogP contribution is -2.53. The Labute approximate surface area is 98.3 Å². The van der Waals surface area contributed by atoms with E-state index in [0.717, 1.165) is 25.8 Å². The summed E-state index contributed by atoms with van der Waals surface area (Å²) < 4.78 is 18.9. The van der Waals surface area contributed by atoms with Crippen molar-refractivity contribution in [1.82, 2.24) is 4.90 Å². The summed E-state index contributed by atoms with van der Waals surface area (Å²) in [6, 6.07) is 0.585. The van der Waals surface area contributed by atoms with Crippen LogP contribution in [-0.2, 0) is 4.74 Å². The lowest BCUT2D eigenvalue weighted by molar-refractivity contribution is -0.0397. The average Bonchev–Trinajstić information content (AvgIpc) is 2.09. The van der Waals surface area contributed by atoms with Gasteiger partial charge in [0, 0.05) is 23.6 Å². The zero-order chi connectivity index (χ0) is 10.1. The van der Waals surface area contributed by atoms with Crippen LogP contribution in [0.3, 0.4) is 0 Å². The number of piperidine rings is 1. The molecule has 0 spiro atoms. The first-order chi connectivity index (χ1) is 6.70. The van der Waals surface area contributed by atoms with Gasteiger partial charge in [-0.05, 0) is 25.8 Å². The second kappa shape index (κ2) is 4.61. The fraction of sp³-hybridized carbons (Fsp3) is 1.00. The van der Waals surface area contributed by atoms with Gasteiger partial charge in [0.25, 0.3) is 0 Å². The van der Waals surface area contributed by atoms with E-state index in [0.29, 0.717) is 18.7 Å². The van der Waals surface area contributed by atoms with Crippen molar-refractivity contribution >= 4 is 22.6 Å². The van der Waals surface area contributed by atoms with E-state index in [2.05, 4.69) is 27.5 Å². The molecular weight excluding hydrogens is 296 g/mol. The van der Waals surface area contributed by atoms with E-state index in [4.69, 9.17) is 4.74 Å². The molecule has 14 heavy (non-hydrogen) atoms. The molecule has 0 radical (unpaired) electrons. The molecule has 0 aromatic rings. The van der Waals surface area contributed by atoms with Crippen LogP contribution in [0.25, 0.3) is 0 Å². The highest BCUT2D eigenvalue weighted by Crippen LogP contribution is 2.31. The molecule has 0 amide bonds. The number of hydrogen-bond acceptors (Lipinski definition) is 2. The van der Waals surface area contributed by atoms with Crippen molar-refractivity contribution in [3.8, 4) is 0 Å². The second-order valence-corrected chi connectivity index (χ2v) is 5.90. The Bertz CT molecular complexity index is 199. The van der Waals surface area contributed by atoms with Crippen LogP contribution >= 0.6 is 22.6 Å². The normalized spacial score (nSPS) is 44.8. The van der Waals surface area contributed by atoms with Crippen LogP contribution in [-0.4, -0.2) is 47.3 Å². The maximum Gasteiger partial charge on any atom is 0.124 e. The topological polar surface area (TPSA) is 12.5 Å². The van der Waals surface area contributed by atoms with Crippen molar-refractivity contribution in [2.45, 2.75) is 41.5 Å². The van der Waals surface area contributed by atoms with Gasteiger partial charge in [-0.15, -0.1) is 0 Å². The molecule has 1 saturated carbocycles. The van der Waals surface area contributed by atoms with E-state index in [1.807, 2.05) is 0 Å². The number of methoxy groups -OCH3 is 1. The fourth-order valence-corrected chi connectivity index (χ4v) is 2.77. The number of halogens is 2.